The molecule has 3 aromatic rings. The molecule has 0 amide bonds. The quantitative estimate of drug-likeness (QED) is 0.573. The SMILES string of the molecule is Cc1cc(Nc2cc(C(F)(F)F)ccn2)nc(-c2cn(C3C=CCCCC3)nn2)c1. The predicted molar refractivity (Wildman–Crippen MR) is 107 cm³/mol. The Balaban J connectivity index is 1.58. The first kappa shape index (κ1) is 20.1. The number of rotatable bonds is 4. The summed E-state index contributed by atoms with van der Waals surface area (Å²) in [5.74, 6) is 0.460. The molecular formula is C21H21F3N6. The number of allylic oxidation sites excluding steroid dienone is 2. The number of nitrogens with one attached hydrogen (secondary N) is 1. The lowest BCUT2D eigenvalue weighted by molar-refractivity contribution is -0.137. The van der Waals surface area contributed by atoms with Crippen LogP contribution in [0.2, 0.25) is 0 Å². The van der Waals surface area contributed by atoms with Gasteiger partial charge in [0.05, 0.1) is 23.5 Å². The number of aryl methyl sites for hydroxylation is 1. The zero-order chi connectivity index (χ0) is 21.1. The third-order valence-electron chi connectivity index (χ3n) is 4.90. The Morgan fingerprint density at radius 1 is 1.10 bits per heavy atom. The zero-order valence-electron chi connectivity index (χ0n) is 16.4. The lowest BCUT2D eigenvalue weighted by Gasteiger charge is -2.11. The highest BCUT2D eigenvalue weighted by atomic mass is 19.4. The molecule has 0 saturated heterocycles. The second kappa shape index (κ2) is 8.25. The first-order valence-electron chi connectivity index (χ1n) is 9.76. The minimum Gasteiger partial charge on any atom is -0.325 e. The Labute approximate surface area is 171 Å². The van der Waals surface area contributed by atoms with Gasteiger partial charge in [-0.15, -0.1) is 5.10 Å². The molecule has 3 aromatic heterocycles. The van der Waals surface area contributed by atoms with E-state index in [2.05, 4.69) is 37.7 Å². The summed E-state index contributed by atoms with van der Waals surface area (Å²) >= 11 is 0. The molecule has 1 unspecified atom stereocenters. The van der Waals surface area contributed by atoms with Gasteiger partial charge in [-0.2, -0.15) is 13.2 Å². The van der Waals surface area contributed by atoms with Crippen LogP contribution in [0.4, 0.5) is 24.8 Å². The summed E-state index contributed by atoms with van der Waals surface area (Å²) in [4.78, 5) is 8.47. The van der Waals surface area contributed by atoms with Crippen molar-refractivity contribution in [2.75, 3.05) is 5.32 Å². The van der Waals surface area contributed by atoms with E-state index < -0.39 is 11.7 Å². The van der Waals surface area contributed by atoms with Crippen LogP contribution in [0.1, 0.15) is 42.9 Å². The highest BCUT2D eigenvalue weighted by Crippen LogP contribution is 2.31. The van der Waals surface area contributed by atoms with Gasteiger partial charge in [0.25, 0.3) is 0 Å². The van der Waals surface area contributed by atoms with Crippen LogP contribution in [0.15, 0.2) is 48.8 Å². The van der Waals surface area contributed by atoms with Crippen molar-refractivity contribution in [3.05, 3.63) is 59.9 Å². The van der Waals surface area contributed by atoms with E-state index >= 15 is 0 Å². The van der Waals surface area contributed by atoms with Gasteiger partial charge in [0.2, 0.25) is 0 Å². The van der Waals surface area contributed by atoms with Gasteiger partial charge in [0.15, 0.2) is 0 Å². The van der Waals surface area contributed by atoms with Crippen LogP contribution in [-0.2, 0) is 6.18 Å². The van der Waals surface area contributed by atoms with E-state index in [0.717, 1.165) is 43.2 Å². The van der Waals surface area contributed by atoms with E-state index in [1.54, 1.807) is 6.07 Å². The van der Waals surface area contributed by atoms with Crippen LogP contribution in [0.5, 0.6) is 0 Å². The molecule has 0 fully saturated rings. The van der Waals surface area contributed by atoms with Gasteiger partial charge in [0, 0.05) is 6.20 Å². The lowest BCUT2D eigenvalue weighted by atomic mass is 10.1. The van der Waals surface area contributed by atoms with Gasteiger partial charge in [-0.1, -0.05) is 23.8 Å². The molecule has 0 bridgehead atoms. The zero-order valence-corrected chi connectivity index (χ0v) is 16.4. The van der Waals surface area contributed by atoms with Crippen molar-refractivity contribution in [3.8, 4) is 11.4 Å². The van der Waals surface area contributed by atoms with Gasteiger partial charge >= 0.3 is 6.18 Å². The molecule has 1 N–H and O–H groups in total. The summed E-state index contributed by atoms with van der Waals surface area (Å²) in [7, 11) is 0. The van der Waals surface area contributed by atoms with E-state index in [-0.39, 0.29) is 11.9 Å². The number of anilines is 2. The molecule has 0 spiro atoms. The molecule has 0 aliphatic heterocycles. The number of hydrogen-bond acceptors (Lipinski definition) is 5. The molecule has 1 aliphatic carbocycles. The number of hydrogen-bond donors (Lipinski definition) is 1. The van der Waals surface area contributed by atoms with E-state index in [1.165, 1.54) is 6.42 Å². The minimum atomic E-state index is -4.44. The number of halogens is 3. The minimum absolute atomic E-state index is 0.0705. The monoisotopic (exact) mass is 414 g/mol. The van der Waals surface area contributed by atoms with Crippen molar-refractivity contribution in [2.45, 2.75) is 44.8 Å². The van der Waals surface area contributed by atoms with Gasteiger partial charge in [-0.3, -0.25) is 0 Å². The van der Waals surface area contributed by atoms with E-state index in [9.17, 15) is 13.2 Å². The van der Waals surface area contributed by atoms with Crippen LogP contribution in [0.3, 0.4) is 0 Å². The summed E-state index contributed by atoms with van der Waals surface area (Å²) in [6.45, 7) is 1.88. The Morgan fingerprint density at radius 3 is 2.80 bits per heavy atom. The lowest BCUT2D eigenvalue weighted by Crippen LogP contribution is -2.06. The van der Waals surface area contributed by atoms with Gasteiger partial charge in [0.1, 0.15) is 17.3 Å². The molecule has 156 valence electrons. The average Bonchev–Trinajstić information content (AvgIpc) is 3.03. The third-order valence-corrected chi connectivity index (χ3v) is 4.90. The number of pyridine rings is 2. The summed E-state index contributed by atoms with van der Waals surface area (Å²) in [6, 6.07) is 5.66. The molecule has 3 heterocycles. The van der Waals surface area contributed by atoms with E-state index in [1.807, 2.05) is 23.9 Å². The fraction of sp³-hybridized carbons (Fsp3) is 0.333. The van der Waals surface area contributed by atoms with Crippen molar-refractivity contribution < 1.29 is 13.2 Å². The molecule has 0 radical (unpaired) electrons. The Morgan fingerprint density at radius 2 is 1.97 bits per heavy atom. The molecule has 0 aromatic carbocycles. The number of aromatic nitrogens is 5. The van der Waals surface area contributed by atoms with Crippen molar-refractivity contribution in [1.29, 1.82) is 0 Å². The molecule has 30 heavy (non-hydrogen) atoms. The second-order valence-electron chi connectivity index (χ2n) is 7.33. The van der Waals surface area contributed by atoms with Gasteiger partial charge < -0.3 is 5.32 Å². The molecule has 6 nitrogen and oxygen atoms in total. The topological polar surface area (TPSA) is 68.5 Å². The first-order valence-corrected chi connectivity index (χ1v) is 9.76. The smallest absolute Gasteiger partial charge is 0.325 e. The van der Waals surface area contributed by atoms with E-state index in [4.69, 9.17) is 0 Å². The van der Waals surface area contributed by atoms with Crippen LogP contribution in [0, 0.1) is 6.92 Å². The molecule has 0 saturated carbocycles. The Hall–Kier alpha value is -3.23. The highest BCUT2D eigenvalue weighted by Gasteiger charge is 2.30. The maximum absolute atomic E-state index is 12.9. The number of alkyl halides is 3. The van der Waals surface area contributed by atoms with Crippen LogP contribution < -0.4 is 5.32 Å². The standard InChI is InChI=1S/C21H21F3N6/c1-14-10-17(18-13-30(29-28-18)16-6-4-2-3-5-7-16)26-20(11-14)27-19-12-15(8-9-25-19)21(22,23)24/h4,6,8-13,16H,2-3,5,7H2,1H3,(H,25,26,27). The molecule has 1 aliphatic rings. The normalized spacial score (nSPS) is 17.0. The van der Waals surface area contributed by atoms with Gasteiger partial charge in [-0.05, 0) is 56.0 Å². The Kier molecular flexibility index (Phi) is 5.52. The van der Waals surface area contributed by atoms with Crippen LogP contribution in [-0.4, -0.2) is 25.0 Å². The van der Waals surface area contributed by atoms with Crippen LogP contribution >= 0.6 is 0 Å². The fourth-order valence-electron chi connectivity index (χ4n) is 3.41. The van der Waals surface area contributed by atoms with Crippen LogP contribution in [0.25, 0.3) is 11.4 Å². The van der Waals surface area contributed by atoms with E-state index in [0.29, 0.717) is 17.2 Å². The van der Waals surface area contributed by atoms with Crippen molar-refractivity contribution in [2.24, 2.45) is 0 Å². The van der Waals surface area contributed by atoms with Gasteiger partial charge in [-0.25, -0.2) is 14.6 Å². The summed E-state index contributed by atoms with van der Waals surface area (Å²) in [5.41, 5.74) is 1.32. The average molecular weight is 414 g/mol. The maximum Gasteiger partial charge on any atom is 0.416 e. The maximum atomic E-state index is 12.9. The third kappa shape index (κ3) is 4.67. The molecule has 1 atom stereocenters. The molecule has 4 rings (SSSR count). The first-order chi connectivity index (χ1) is 14.4. The van der Waals surface area contributed by atoms with Crippen molar-refractivity contribution in [3.63, 3.8) is 0 Å². The summed E-state index contributed by atoms with van der Waals surface area (Å²) in [6.07, 6.45) is 7.26. The highest BCUT2D eigenvalue weighted by molar-refractivity contribution is 5.61. The molecule has 9 heteroatoms. The predicted octanol–water partition coefficient (Wildman–Crippen LogP) is 5.48. The van der Waals surface area contributed by atoms with Crippen molar-refractivity contribution in [1.82, 2.24) is 25.0 Å². The second-order valence-corrected chi connectivity index (χ2v) is 7.33. The largest absolute Gasteiger partial charge is 0.416 e. The number of nitrogens with zero attached hydrogens (tertiary/aromatic N) is 5. The fourth-order valence-corrected chi connectivity index (χ4v) is 3.41. The summed E-state index contributed by atoms with van der Waals surface area (Å²) < 4.78 is 40.7. The summed E-state index contributed by atoms with van der Waals surface area (Å²) in [5, 5.41) is 11.4. The Bertz CT molecular complexity index is 1060. The molecular weight excluding hydrogens is 393 g/mol. The van der Waals surface area contributed by atoms with Crippen molar-refractivity contribution >= 4 is 11.6 Å².